The van der Waals surface area contributed by atoms with E-state index in [9.17, 15) is 0 Å². The summed E-state index contributed by atoms with van der Waals surface area (Å²) >= 11 is 2.01. The lowest BCUT2D eigenvalue weighted by atomic mass is 10.1. The van der Waals surface area contributed by atoms with Crippen LogP contribution in [0.25, 0.3) is 0 Å². The van der Waals surface area contributed by atoms with Gasteiger partial charge in [-0.25, -0.2) is 0 Å². The first-order valence-electron chi connectivity index (χ1n) is 6.33. The maximum atomic E-state index is 5.58. The van der Waals surface area contributed by atoms with Gasteiger partial charge in [0, 0.05) is 23.4 Å². The number of hydrogen-bond donors (Lipinski definition) is 1. The van der Waals surface area contributed by atoms with Crippen LogP contribution < -0.4 is 5.73 Å². The Kier molecular flexibility index (Phi) is 4.89. The fraction of sp³-hybridized carbons (Fsp3) is 0.571. The third kappa shape index (κ3) is 3.73. The molecule has 2 rings (SSSR count). The van der Waals surface area contributed by atoms with Crippen LogP contribution in [0.1, 0.15) is 24.0 Å². The van der Waals surface area contributed by atoms with Gasteiger partial charge in [0.15, 0.2) is 0 Å². The molecule has 0 bridgehead atoms. The van der Waals surface area contributed by atoms with Gasteiger partial charge in [-0.15, -0.1) is 11.8 Å². The highest BCUT2D eigenvalue weighted by atomic mass is 32.2. The number of rotatable bonds is 4. The van der Waals surface area contributed by atoms with Crippen molar-refractivity contribution in [1.29, 1.82) is 0 Å². The SMILES string of the molecule is Cc1cc(CCN)ccc1SC1CCOCC1. The number of nitrogens with two attached hydrogens (primary N) is 1. The lowest BCUT2D eigenvalue weighted by Crippen LogP contribution is -2.17. The van der Waals surface area contributed by atoms with Crippen LogP contribution in [0, 0.1) is 6.92 Å². The average molecular weight is 251 g/mol. The summed E-state index contributed by atoms with van der Waals surface area (Å²) in [6.45, 7) is 4.76. The number of aryl methyl sites for hydroxylation is 1. The van der Waals surface area contributed by atoms with Crippen molar-refractivity contribution in [3.8, 4) is 0 Å². The van der Waals surface area contributed by atoms with Crippen LogP contribution in [0.3, 0.4) is 0 Å². The Balaban J connectivity index is 2.00. The van der Waals surface area contributed by atoms with Gasteiger partial charge in [0.05, 0.1) is 0 Å². The molecular weight excluding hydrogens is 230 g/mol. The van der Waals surface area contributed by atoms with Crippen LogP contribution in [0.2, 0.25) is 0 Å². The molecule has 2 N–H and O–H groups in total. The second-order valence-electron chi connectivity index (χ2n) is 4.57. The minimum atomic E-state index is 0.725. The predicted molar refractivity (Wildman–Crippen MR) is 73.6 cm³/mol. The number of hydrogen-bond acceptors (Lipinski definition) is 3. The summed E-state index contributed by atoms with van der Waals surface area (Å²) in [5.74, 6) is 0. The summed E-state index contributed by atoms with van der Waals surface area (Å²) in [6, 6.07) is 6.73. The van der Waals surface area contributed by atoms with E-state index in [0.29, 0.717) is 0 Å². The van der Waals surface area contributed by atoms with E-state index in [1.807, 2.05) is 11.8 Å². The lowest BCUT2D eigenvalue weighted by molar-refractivity contribution is 0.100. The van der Waals surface area contributed by atoms with Crippen molar-refractivity contribution in [3.63, 3.8) is 0 Å². The number of benzene rings is 1. The van der Waals surface area contributed by atoms with Gasteiger partial charge in [-0.1, -0.05) is 12.1 Å². The molecule has 1 aliphatic rings. The summed E-state index contributed by atoms with van der Waals surface area (Å²) in [6.07, 6.45) is 3.33. The van der Waals surface area contributed by atoms with Crippen LogP contribution in [0.15, 0.2) is 23.1 Å². The maximum Gasteiger partial charge on any atom is 0.0476 e. The Labute approximate surface area is 108 Å². The molecule has 2 nitrogen and oxygen atoms in total. The topological polar surface area (TPSA) is 35.2 Å². The van der Waals surface area contributed by atoms with Crippen molar-refractivity contribution in [2.45, 2.75) is 36.3 Å². The Morgan fingerprint density at radius 3 is 2.76 bits per heavy atom. The van der Waals surface area contributed by atoms with Gasteiger partial charge in [-0.05, 0) is 49.9 Å². The zero-order chi connectivity index (χ0) is 12.1. The second-order valence-corrected chi connectivity index (χ2v) is 5.91. The third-order valence-corrected chi connectivity index (χ3v) is 4.65. The summed E-state index contributed by atoms with van der Waals surface area (Å²) in [5.41, 5.74) is 8.31. The molecule has 1 aromatic carbocycles. The van der Waals surface area contributed by atoms with Crippen molar-refractivity contribution in [2.24, 2.45) is 5.73 Å². The van der Waals surface area contributed by atoms with Crippen LogP contribution in [-0.2, 0) is 11.2 Å². The number of ether oxygens (including phenoxy) is 1. The molecule has 0 unspecified atom stereocenters. The van der Waals surface area contributed by atoms with Gasteiger partial charge in [0.2, 0.25) is 0 Å². The molecule has 94 valence electrons. The molecule has 0 aliphatic carbocycles. The monoisotopic (exact) mass is 251 g/mol. The standard InChI is InChI=1S/C14H21NOS/c1-11-10-12(4-7-15)2-3-14(11)17-13-5-8-16-9-6-13/h2-3,10,13H,4-9,15H2,1H3. The number of thioether (sulfide) groups is 1. The maximum absolute atomic E-state index is 5.58. The van der Waals surface area contributed by atoms with Crippen molar-refractivity contribution in [1.82, 2.24) is 0 Å². The van der Waals surface area contributed by atoms with Gasteiger partial charge < -0.3 is 10.5 Å². The van der Waals surface area contributed by atoms with Crippen molar-refractivity contribution in [3.05, 3.63) is 29.3 Å². The second kappa shape index (κ2) is 6.43. The van der Waals surface area contributed by atoms with E-state index >= 15 is 0 Å². The molecule has 0 spiro atoms. The first kappa shape index (κ1) is 12.9. The minimum absolute atomic E-state index is 0.725. The molecule has 1 aromatic rings. The van der Waals surface area contributed by atoms with E-state index in [1.165, 1.54) is 28.9 Å². The van der Waals surface area contributed by atoms with Crippen molar-refractivity contribution < 1.29 is 4.74 Å². The molecule has 0 saturated carbocycles. The lowest BCUT2D eigenvalue weighted by Gasteiger charge is -2.22. The predicted octanol–water partition coefficient (Wildman–Crippen LogP) is 2.77. The summed E-state index contributed by atoms with van der Waals surface area (Å²) in [7, 11) is 0. The van der Waals surface area contributed by atoms with Crippen LogP contribution in [-0.4, -0.2) is 25.0 Å². The van der Waals surface area contributed by atoms with E-state index in [1.54, 1.807) is 0 Å². The van der Waals surface area contributed by atoms with E-state index in [0.717, 1.165) is 31.4 Å². The third-order valence-electron chi connectivity index (χ3n) is 3.13. The fourth-order valence-electron chi connectivity index (χ4n) is 2.14. The summed E-state index contributed by atoms with van der Waals surface area (Å²) in [4.78, 5) is 1.41. The Hall–Kier alpha value is -0.510. The summed E-state index contributed by atoms with van der Waals surface area (Å²) < 4.78 is 5.39. The van der Waals surface area contributed by atoms with Crippen molar-refractivity contribution in [2.75, 3.05) is 19.8 Å². The zero-order valence-corrected chi connectivity index (χ0v) is 11.3. The average Bonchev–Trinajstić information content (AvgIpc) is 2.34. The highest BCUT2D eigenvalue weighted by Gasteiger charge is 2.15. The van der Waals surface area contributed by atoms with Crippen molar-refractivity contribution >= 4 is 11.8 Å². The fourth-order valence-corrected chi connectivity index (χ4v) is 3.32. The molecule has 1 heterocycles. The molecule has 17 heavy (non-hydrogen) atoms. The first-order chi connectivity index (χ1) is 8.29. The zero-order valence-electron chi connectivity index (χ0n) is 10.4. The highest BCUT2D eigenvalue weighted by Crippen LogP contribution is 2.32. The molecule has 1 aliphatic heterocycles. The van der Waals surface area contributed by atoms with Gasteiger partial charge in [-0.2, -0.15) is 0 Å². The first-order valence-corrected chi connectivity index (χ1v) is 7.21. The molecular formula is C14H21NOS. The molecule has 3 heteroatoms. The molecule has 1 saturated heterocycles. The molecule has 0 amide bonds. The molecule has 1 fully saturated rings. The van der Waals surface area contributed by atoms with Gasteiger partial charge in [0.25, 0.3) is 0 Å². The van der Waals surface area contributed by atoms with Crippen LogP contribution in [0.5, 0.6) is 0 Å². The normalized spacial score (nSPS) is 17.3. The Bertz CT molecular complexity index is 361. The summed E-state index contributed by atoms with van der Waals surface area (Å²) in [5, 5.41) is 0.725. The smallest absolute Gasteiger partial charge is 0.0476 e. The molecule has 0 atom stereocenters. The molecule has 0 aromatic heterocycles. The Morgan fingerprint density at radius 2 is 2.12 bits per heavy atom. The van der Waals surface area contributed by atoms with E-state index in [4.69, 9.17) is 10.5 Å². The highest BCUT2D eigenvalue weighted by molar-refractivity contribution is 8.00. The minimum Gasteiger partial charge on any atom is -0.381 e. The van der Waals surface area contributed by atoms with Crippen LogP contribution >= 0.6 is 11.8 Å². The van der Waals surface area contributed by atoms with Crippen LogP contribution in [0.4, 0.5) is 0 Å². The van der Waals surface area contributed by atoms with Gasteiger partial charge in [-0.3, -0.25) is 0 Å². The van der Waals surface area contributed by atoms with E-state index in [2.05, 4.69) is 25.1 Å². The van der Waals surface area contributed by atoms with E-state index < -0.39 is 0 Å². The van der Waals surface area contributed by atoms with Gasteiger partial charge >= 0.3 is 0 Å². The van der Waals surface area contributed by atoms with E-state index in [-0.39, 0.29) is 0 Å². The largest absolute Gasteiger partial charge is 0.381 e. The van der Waals surface area contributed by atoms with Gasteiger partial charge in [0.1, 0.15) is 0 Å². The molecule has 0 radical (unpaired) electrons. The Morgan fingerprint density at radius 1 is 1.35 bits per heavy atom. The quantitative estimate of drug-likeness (QED) is 0.893.